The van der Waals surface area contributed by atoms with Gasteiger partial charge in [0, 0.05) is 30.1 Å². The first kappa shape index (κ1) is 23.9. The maximum Gasteiger partial charge on any atom is 0.254 e. The van der Waals surface area contributed by atoms with Gasteiger partial charge in [-0.1, -0.05) is 42.0 Å². The first-order valence-electron chi connectivity index (χ1n) is 12.5. The quantitative estimate of drug-likeness (QED) is 0.324. The number of rotatable bonds is 6. The summed E-state index contributed by atoms with van der Waals surface area (Å²) in [6.07, 6.45) is 3.10. The Kier molecular flexibility index (Phi) is 6.90. The molecule has 1 aromatic heterocycles. The highest BCUT2D eigenvalue weighted by Gasteiger charge is 2.26. The minimum Gasteiger partial charge on any atom is -0.497 e. The summed E-state index contributed by atoms with van der Waals surface area (Å²) < 4.78 is 11.0. The van der Waals surface area contributed by atoms with Gasteiger partial charge in [-0.25, -0.2) is 4.98 Å². The van der Waals surface area contributed by atoms with Crippen LogP contribution in [0.4, 0.5) is 0 Å². The molecule has 1 saturated heterocycles. The van der Waals surface area contributed by atoms with Crippen molar-refractivity contribution in [2.45, 2.75) is 26.2 Å². The Morgan fingerprint density at radius 3 is 2.44 bits per heavy atom. The first-order chi connectivity index (χ1) is 17.6. The van der Waals surface area contributed by atoms with Gasteiger partial charge in [-0.05, 0) is 68.0 Å². The van der Waals surface area contributed by atoms with Crippen molar-refractivity contribution in [3.63, 3.8) is 0 Å². The van der Waals surface area contributed by atoms with Crippen molar-refractivity contribution in [3.8, 4) is 22.8 Å². The van der Waals surface area contributed by atoms with Crippen molar-refractivity contribution in [1.82, 2.24) is 9.88 Å². The van der Waals surface area contributed by atoms with Gasteiger partial charge in [0.2, 0.25) is 0 Å². The number of benzene rings is 3. The normalized spacial score (nSPS) is 14.1. The van der Waals surface area contributed by atoms with Gasteiger partial charge in [-0.3, -0.25) is 4.79 Å². The maximum atomic E-state index is 13.9. The molecule has 5 rings (SSSR count). The molecule has 3 aromatic carbocycles. The van der Waals surface area contributed by atoms with Crippen molar-refractivity contribution in [2.75, 3.05) is 27.3 Å². The van der Waals surface area contributed by atoms with E-state index in [2.05, 4.69) is 36.4 Å². The Labute approximate surface area is 212 Å². The van der Waals surface area contributed by atoms with E-state index in [1.165, 1.54) is 5.56 Å². The van der Waals surface area contributed by atoms with Crippen LogP contribution >= 0.6 is 0 Å². The molecule has 184 valence electrons. The van der Waals surface area contributed by atoms with Crippen LogP contribution in [0.3, 0.4) is 0 Å². The van der Waals surface area contributed by atoms with Gasteiger partial charge in [0.15, 0.2) is 0 Å². The van der Waals surface area contributed by atoms with Crippen LogP contribution in [-0.4, -0.2) is 43.1 Å². The molecule has 0 radical (unpaired) electrons. The van der Waals surface area contributed by atoms with Crippen LogP contribution in [0, 0.1) is 12.8 Å². The number of methoxy groups -OCH3 is 2. The molecule has 1 amide bonds. The Hall–Kier alpha value is -3.86. The van der Waals surface area contributed by atoms with Crippen LogP contribution in [0.2, 0.25) is 0 Å². The van der Waals surface area contributed by atoms with Crippen LogP contribution in [0.25, 0.3) is 22.2 Å². The van der Waals surface area contributed by atoms with E-state index in [9.17, 15) is 4.79 Å². The number of piperidine rings is 1. The summed E-state index contributed by atoms with van der Waals surface area (Å²) >= 11 is 0. The van der Waals surface area contributed by atoms with Crippen molar-refractivity contribution in [3.05, 3.63) is 89.5 Å². The Morgan fingerprint density at radius 1 is 0.944 bits per heavy atom. The minimum absolute atomic E-state index is 0.0693. The van der Waals surface area contributed by atoms with Crippen LogP contribution in [0.15, 0.2) is 72.8 Å². The highest BCUT2D eigenvalue weighted by Crippen LogP contribution is 2.35. The zero-order valence-electron chi connectivity index (χ0n) is 21.2. The summed E-state index contributed by atoms with van der Waals surface area (Å²) in [5, 5.41) is 0.891. The third-order valence-electron chi connectivity index (χ3n) is 7.15. The summed E-state index contributed by atoms with van der Waals surface area (Å²) in [5.41, 5.74) is 5.52. The molecule has 2 heterocycles. The van der Waals surface area contributed by atoms with Gasteiger partial charge < -0.3 is 14.4 Å². The average molecular weight is 481 g/mol. The van der Waals surface area contributed by atoms with E-state index in [0.717, 1.165) is 54.4 Å². The average Bonchev–Trinajstić information content (AvgIpc) is 2.92. The van der Waals surface area contributed by atoms with Gasteiger partial charge in [0.1, 0.15) is 11.5 Å². The van der Waals surface area contributed by atoms with E-state index < -0.39 is 0 Å². The number of likely N-dealkylation sites (tertiary alicyclic amines) is 1. The Balaban J connectivity index is 1.45. The lowest BCUT2D eigenvalue weighted by Crippen LogP contribution is -2.39. The Bertz CT molecular complexity index is 1380. The summed E-state index contributed by atoms with van der Waals surface area (Å²) in [5.74, 6) is 2.04. The zero-order valence-corrected chi connectivity index (χ0v) is 21.2. The lowest BCUT2D eigenvalue weighted by molar-refractivity contribution is 0.0692. The second kappa shape index (κ2) is 10.4. The predicted molar refractivity (Wildman–Crippen MR) is 144 cm³/mol. The molecule has 0 atom stereocenters. The molecule has 0 saturated carbocycles. The van der Waals surface area contributed by atoms with Gasteiger partial charge in [0.05, 0.1) is 31.0 Å². The zero-order chi connectivity index (χ0) is 25.1. The molecule has 0 unspecified atom stereocenters. The molecule has 1 fully saturated rings. The highest BCUT2D eigenvalue weighted by atomic mass is 16.5. The standard InChI is InChI=1S/C31H32N2O3/c1-21-9-12-28-26(17-21)27(20-29(32-28)25-11-10-24(35-2)19-30(25)36-3)31(34)33-15-13-23(14-16-33)18-22-7-5-4-6-8-22/h4-12,17,19-20,23H,13-16,18H2,1-3H3. The van der Waals surface area contributed by atoms with Crippen molar-refractivity contribution < 1.29 is 14.3 Å². The molecular weight excluding hydrogens is 448 g/mol. The molecule has 0 spiro atoms. The van der Waals surface area contributed by atoms with Crippen LogP contribution in [0.5, 0.6) is 11.5 Å². The lowest BCUT2D eigenvalue weighted by atomic mass is 9.90. The largest absolute Gasteiger partial charge is 0.497 e. The van der Waals surface area contributed by atoms with Crippen LogP contribution in [-0.2, 0) is 6.42 Å². The highest BCUT2D eigenvalue weighted by molar-refractivity contribution is 6.07. The number of nitrogens with zero attached hydrogens (tertiary/aromatic N) is 2. The fraction of sp³-hybridized carbons (Fsp3) is 0.290. The number of carbonyl (C=O) groups is 1. The van der Waals surface area contributed by atoms with Crippen LogP contribution < -0.4 is 9.47 Å². The summed E-state index contributed by atoms with van der Waals surface area (Å²) in [4.78, 5) is 20.8. The van der Waals surface area contributed by atoms with Crippen molar-refractivity contribution in [1.29, 1.82) is 0 Å². The number of carbonyl (C=O) groups excluding carboxylic acids is 1. The fourth-order valence-corrected chi connectivity index (χ4v) is 5.12. The number of pyridine rings is 1. The molecule has 5 nitrogen and oxygen atoms in total. The number of ether oxygens (including phenoxy) is 2. The van der Waals surface area contributed by atoms with E-state index in [0.29, 0.717) is 28.7 Å². The molecule has 36 heavy (non-hydrogen) atoms. The van der Waals surface area contributed by atoms with Crippen molar-refractivity contribution in [2.24, 2.45) is 5.92 Å². The van der Waals surface area contributed by atoms with E-state index in [1.807, 2.05) is 48.2 Å². The number of amides is 1. The van der Waals surface area contributed by atoms with E-state index >= 15 is 0 Å². The third kappa shape index (κ3) is 4.92. The van der Waals surface area contributed by atoms with E-state index in [4.69, 9.17) is 14.5 Å². The number of aromatic nitrogens is 1. The topological polar surface area (TPSA) is 51.7 Å². The molecular formula is C31H32N2O3. The minimum atomic E-state index is 0.0693. The van der Waals surface area contributed by atoms with Gasteiger partial charge in [0.25, 0.3) is 5.91 Å². The van der Waals surface area contributed by atoms with Gasteiger partial charge in [-0.2, -0.15) is 0 Å². The van der Waals surface area contributed by atoms with E-state index in [1.54, 1.807) is 14.2 Å². The predicted octanol–water partition coefficient (Wildman–Crippen LogP) is 6.32. The molecule has 1 aliphatic heterocycles. The van der Waals surface area contributed by atoms with Gasteiger partial charge in [-0.15, -0.1) is 0 Å². The Morgan fingerprint density at radius 2 is 1.72 bits per heavy atom. The summed E-state index contributed by atoms with van der Waals surface area (Å²) in [6, 6.07) is 24.3. The molecule has 4 aromatic rings. The fourth-order valence-electron chi connectivity index (χ4n) is 5.12. The first-order valence-corrected chi connectivity index (χ1v) is 12.5. The molecule has 1 aliphatic rings. The second-order valence-corrected chi connectivity index (χ2v) is 9.57. The molecule has 0 N–H and O–H groups in total. The monoisotopic (exact) mass is 480 g/mol. The molecule has 5 heteroatoms. The number of hydrogen-bond donors (Lipinski definition) is 0. The summed E-state index contributed by atoms with van der Waals surface area (Å²) in [7, 11) is 3.26. The second-order valence-electron chi connectivity index (χ2n) is 9.57. The SMILES string of the molecule is COc1ccc(-c2cc(C(=O)N3CCC(Cc4ccccc4)CC3)c3cc(C)ccc3n2)c(OC)c1. The number of aryl methyl sites for hydroxylation is 1. The molecule has 0 bridgehead atoms. The smallest absolute Gasteiger partial charge is 0.254 e. The lowest BCUT2D eigenvalue weighted by Gasteiger charge is -2.32. The van der Waals surface area contributed by atoms with E-state index in [-0.39, 0.29) is 5.91 Å². The van der Waals surface area contributed by atoms with Crippen LogP contribution in [0.1, 0.15) is 34.3 Å². The summed E-state index contributed by atoms with van der Waals surface area (Å²) in [6.45, 7) is 3.59. The maximum absolute atomic E-state index is 13.9. The van der Waals surface area contributed by atoms with Crippen molar-refractivity contribution >= 4 is 16.8 Å². The molecule has 0 aliphatic carbocycles. The van der Waals surface area contributed by atoms with Gasteiger partial charge >= 0.3 is 0 Å². The number of fused-ring (bicyclic) bond motifs is 1. The number of hydrogen-bond acceptors (Lipinski definition) is 4. The third-order valence-corrected chi connectivity index (χ3v) is 7.15.